The Bertz CT molecular complexity index is 1370. The fourth-order valence-corrected chi connectivity index (χ4v) is 5.62. The van der Waals surface area contributed by atoms with Gasteiger partial charge in [0, 0.05) is 18.9 Å². The van der Waals surface area contributed by atoms with E-state index in [0.29, 0.717) is 24.1 Å². The van der Waals surface area contributed by atoms with Gasteiger partial charge >= 0.3 is 0 Å². The van der Waals surface area contributed by atoms with Crippen LogP contribution < -0.4 is 21.3 Å². The zero-order valence-corrected chi connectivity index (χ0v) is 22.5. The molecule has 10 heteroatoms. The topological polar surface area (TPSA) is 133 Å². The summed E-state index contributed by atoms with van der Waals surface area (Å²) in [5, 5.41) is 14.6. The van der Waals surface area contributed by atoms with Crippen LogP contribution in [0.5, 0.6) is 0 Å². The summed E-state index contributed by atoms with van der Waals surface area (Å²) in [5.74, 6) is -1.90. The Hall–Kier alpha value is -4.05. The third kappa shape index (κ3) is 7.29. The van der Waals surface area contributed by atoms with Gasteiger partial charge in [-0.3, -0.25) is 19.2 Å². The first-order chi connectivity index (χ1) is 18.9. The lowest BCUT2D eigenvalue weighted by atomic mass is 9.92. The smallest absolute Gasteiger partial charge is 0.262 e. The Morgan fingerprint density at radius 1 is 1.10 bits per heavy atom. The van der Waals surface area contributed by atoms with Crippen molar-refractivity contribution in [2.24, 2.45) is 5.92 Å². The van der Waals surface area contributed by atoms with E-state index in [9.17, 15) is 24.0 Å². The Balaban J connectivity index is 1.42. The molecule has 3 atom stereocenters. The van der Waals surface area contributed by atoms with Gasteiger partial charge in [0.2, 0.25) is 17.7 Å². The molecule has 0 aliphatic carbocycles. The summed E-state index contributed by atoms with van der Waals surface area (Å²) < 4.78 is 0. The molecule has 1 aromatic heterocycles. The quantitative estimate of drug-likeness (QED) is 0.273. The summed E-state index contributed by atoms with van der Waals surface area (Å²) in [6, 6.07) is 13.6. The van der Waals surface area contributed by atoms with Crippen LogP contribution in [0.4, 0.5) is 0 Å². The van der Waals surface area contributed by atoms with Crippen LogP contribution in [-0.4, -0.2) is 55.1 Å². The molecule has 0 unspecified atom stereocenters. The van der Waals surface area contributed by atoms with Gasteiger partial charge in [-0.1, -0.05) is 42.5 Å². The van der Waals surface area contributed by atoms with Gasteiger partial charge in [0.25, 0.3) is 5.91 Å². The van der Waals surface area contributed by atoms with Crippen LogP contribution in [0.25, 0.3) is 10.8 Å². The van der Waals surface area contributed by atoms with Crippen LogP contribution in [0.3, 0.4) is 0 Å². The molecule has 39 heavy (non-hydrogen) atoms. The second-order valence-corrected chi connectivity index (χ2v) is 10.6. The average Bonchev–Trinajstić information content (AvgIpc) is 3.38. The van der Waals surface area contributed by atoms with E-state index < -0.39 is 23.9 Å². The molecule has 2 aromatic carbocycles. The number of aryl methyl sites for hydroxylation is 1. The fourth-order valence-electron chi connectivity index (χ4n) is 4.79. The number of carbonyl (C=O) groups excluding carboxylic acids is 5. The second-order valence-electron chi connectivity index (χ2n) is 9.69. The van der Waals surface area contributed by atoms with Crippen molar-refractivity contribution in [1.82, 2.24) is 21.3 Å². The number of piperidine rings is 1. The highest BCUT2D eigenvalue weighted by Gasteiger charge is 2.27. The molecule has 204 valence electrons. The molecular formula is C29H32N4O5S. The van der Waals surface area contributed by atoms with Crippen LogP contribution in [-0.2, 0) is 25.6 Å². The minimum atomic E-state index is -0.939. The molecule has 3 aromatic rings. The zero-order chi connectivity index (χ0) is 27.8. The number of fused-ring (bicyclic) bond motifs is 1. The highest BCUT2D eigenvalue weighted by atomic mass is 32.1. The number of rotatable bonds is 11. The summed E-state index contributed by atoms with van der Waals surface area (Å²) in [6.45, 7) is 2.07. The first-order valence-corrected chi connectivity index (χ1v) is 13.9. The molecule has 4 rings (SSSR count). The van der Waals surface area contributed by atoms with Crippen LogP contribution in [0.15, 0.2) is 53.9 Å². The van der Waals surface area contributed by atoms with E-state index in [1.807, 2.05) is 60.8 Å². The van der Waals surface area contributed by atoms with E-state index in [4.69, 9.17) is 0 Å². The molecule has 0 saturated carbocycles. The van der Waals surface area contributed by atoms with Crippen LogP contribution in [0, 0.1) is 12.8 Å². The van der Waals surface area contributed by atoms with Crippen molar-refractivity contribution in [3.63, 3.8) is 0 Å². The maximum absolute atomic E-state index is 13.3. The summed E-state index contributed by atoms with van der Waals surface area (Å²) in [5.41, 5.74) is 1.69. The van der Waals surface area contributed by atoms with Crippen molar-refractivity contribution >= 4 is 52.0 Å². The van der Waals surface area contributed by atoms with E-state index >= 15 is 0 Å². The molecule has 0 spiro atoms. The lowest BCUT2D eigenvalue weighted by Crippen LogP contribution is -2.51. The summed E-state index contributed by atoms with van der Waals surface area (Å²) in [4.78, 5) is 62.9. The van der Waals surface area contributed by atoms with Gasteiger partial charge < -0.3 is 26.1 Å². The molecule has 4 amide bonds. The number of carbonyl (C=O) groups is 5. The SMILES string of the molecule is Cc1ccsc1C(=O)N[C@@H](Cc1cccc2ccccc12)C(=O)NCC(=O)N[C@H](C=O)C[C@@H]1CCCNC1=O. The molecule has 1 aliphatic rings. The molecule has 0 bridgehead atoms. The Kier molecular flexibility index (Phi) is 9.43. The zero-order valence-electron chi connectivity index (χ0n) is 21.7. The van der Waals surface area contributed by atoms with Crippen molar-refractivity contribution < 1.29 is 24.0 Å². The van der Waals surface area contributed by atoms with Crippen LogP contribution >= 0.6 is 11.3 Å². The Morgan fingerprint density at radius 3 is 2.64 bits per heavy atom. The fraction of sp³-hybridized carbons (Fsp3) is 0.345. The lowest BCUT2D eigenvalue weighted by molar-refractivity contribution is -0.129. The third-order valence-electron chi connectivity index (χ3n) is 6.87. The van der Waals surface area contributed by atoms with Crippen molar-refractivity contribution in [3.8, 4) is 0 Å². The lowest BCUT2D eigenvalue weighted by Gasteiger charge is -2.24. The molecule has 1 fully saturated rings. The van der Waals surface area contributed by atoms with Crippen LogP contribution in [0.1, 0.15) is 40.1 Å². The van der Waals surface area contributed by atoms with Gasteiger partial charge in [-0.15, -0.1) is 11.3 Å². The van der Waals surface area contributed by atoms with E-state index in [-0.39, 0.29) is 37.1 Å². The maximum Gasteiger partial charge on any atom is 0.262 e. The first kappa shape index (κ1) is 28.0. The second kappa shape index (κ2) is 13.1. The summed E-state index contributed by atoms with van der Waals surface area (Å²) in [7, 11) is 0. The predicted molar refractivity (Wildman–Crippen MR) is 149 cm³/mol. The Labute approximate surface area is 230 Å². The van der Waals surface area contributed by atoms with Crippen molar-refractivity contribution in [2.45, 2.75) is 44.7 Å². The molecule has 2 heterocycles. The van der Waals surface area contributed by atoms with Gasteiger partial charge in [-0.25, -0.2) is 0 Å². The van der Waals surface area contributed by atoms with Crippen molar-refractivity contribution in [2.75, 3.05) is 13.1 Å². The standard InChI is InChI=1S/C29H32N4O5S/c1-18-11-13-39-26(18)29(38)33-24(15-20-8-4-7-19-6-2-3-10-23(19)20)28(37)31-16-25(35)32-22(17-34)14-21-9-5-12-30-27(21)36/h2-4,6-8,10-11,13,17,21-22,24H,5,9,12,14-16H2,1H3,(H,30,36)(H,31,37)(H,32,35)(H,33,38)/t21-,22-,24-/m0/s1. The summed E-state index contributed by atoms with van der Waals surface area (Å²) >= 11 is 1.29. The molecule has 1 aliphatic heterocycles. The average molecular weight is 549 g/mol. The minimum absolute atomic E-state index is 0.122. The van der Waals surface area contributed by atoms with Gasteiger partial charge in [0.1, 0.15) is 12.3 Å². The highest BCUT2D eigenvalue weighted by Crippen LogP contribution is 2.21. The maximum atomic E-state index is 13.3. The van der Waals surface area contributed by atoms with E-state index in [1.54, 1.807) is 0 Å². The number of hydrogen-bond acceptors (Lipinski definition) is 6. The van der Waals surface area contributed by atoms with E-state index in [0.717, 1.165) is 28.3 Å². The monoisotopic (exact) mass is 548 g/mol. The molecule has 1 saturated heterocycles. The molecule has 4 N–H and O–H groups in total. The molecule has 0 radical (unpaired) electrons. The van der Waals surface area contributed by atoms with Crippen molar-refractivity contribution in [1.29, 1.82) is 0 Å². The molecule has 9 nitrogen and oxygen atoms in total. The van der Waals surface area contributed by atoms with Gasteiger partial charge in [0.15, 0.2) is 0 Å². The van der Waals surface area contributed by atoms with Crippen molar-refractivity contribution in [3.05, 3.63) is 69.9 Å². The van der Waals surface area contributed by atoms with Gasteiger partial charge in [-0.2, -0.15) is 0 Å². The largest absolute Gasteiger partial charge is 0.356 e. The number of amides is 4. The van der Waals surface area contributed by atoms with Crippen LogP contribution in [0.2, 0.25) is 0 Å². The third-order valence-corrected chi connectivity index (χ3v) is 7.88. The Morgan fingerprint density at radius 2 is 1.90 bits per heavy atom. The van der Waals surface area contributed by atoms with E-state index in [2.05, 4.69) is 21.3 Å². The summed E-state index contributed by atoms with van der Waals surface area (Å²) in [6.07, 6.45) is 2.50. The number of nitrogens with one attached hydrogen (secondary N) is 4. The first-order valence-electron chi connectivity index (χ1n) is 13.0. The highest BCUT2D eigenvalue weighted by molar-refractivity contribution is 7.12. The van der Waals surface area contributed by atoms with E-state index in [1.165, 1.54) is 11.3 Å². The number of aldehydes is 1. The number of thiophene rings is 1. The normalized spacial score (nSPS) is 16.5. The van der Waals surface area contributed by atoms with Gasteiger partial charge in [-0.05, 0) is 59.5 Å². The molecular weight excluding hydrogens is 516 g/mol. The minimum Gasteiger partial charge on any atom is -0.356 e. The number of benzene rings is 2. The predicted octanol–water partition coefficient (Wildman–Crippen LogP) is 2.27. The number of hydrogen-bond donors (Lipinski definition) is 4. The van der Waals surface area contributed by atoms with Gasteiger partial charge in [0.05, 0.1) is 17.5 Å².